The van der Waals surface area contributed by atoms with Gasteiger partial charge in [-0.15, -0.1) is 0 Å². The van der Waals surface area contributed by atoms with Crippen LogP contribution in [0.2, 0.25) is 0 Å². The number of likely N-dealkylation sites (tertiary alicyclic amines) is 1. The highest BCUT2D eigenvalue weighted by Gasteiger charge is 2.51. The van der Waals surface area contributed by atoms with Crippen LogP contribution >= 0.6 is 0 Å². The largest absolute Gasteiger partial charge is 0.495 e. The number of ether oxygens (including phenoxy) is 1. The molecule has 5 fully saturated rings. The van der Waals surface area contributed by atoms with Crippen LogP contribution in [0.1, 0.15) is 106 Å². The minimum atomic E-state index is -1.07. The molecule has 5 atom stereocenters. The fraction of sp³-hybridized carbons (Fsp3) is 0.562. The number of methoxy groups -OCH3 is 1. The molecule has 2 saturated carbocycles. The van der Waals surface area contributed by atoms with Crippen LogP contribution < -0.4 is 35.4 Å². The number of amides is 5. The van der Waals surface area contributed by atoms with E-state index in [-0.39, 0.29) is 72.6 Å². The minimum absolute atomic E-state index is 0.0145. The number of anilines is 5. The first-order chi connectivity index (χ1) is 31.8. The normalized spacial score (nSPS) is 25.8. The summed E-state index contributed by atoms with van der Waals surface area (Å²) >= 11 is 0. The third-order valence-corrected chi connectivity index (χ3v) is 15.1. The molecule has 6 aliphatic rings. The number of hydrogen-bond acceptors (Lipinski definition) is 12. The van der Waals surface area contributed by atoms with Gasteiger partial charge in [0, 0.05) is 80.6 Å². The Bertz CT molecular complexity index is 2370. The van der Waals surface area contributed by atoms with Gasteiger partial charge in [-0.1, -0.05) is 19.8 Å². The number of carbonyl (C=O) groups excluding carboxylic acids is 5. The molecule has 9 rings (SSSR count). The molecule has 16 nitrogen and oxygen atoms in total. The van der Waals surface area contributed by atoms with Crippen molar-refractivity contribution in [2.24, 2.45) is 17.8 Å². The summed E-state index contributed by atoms with van der Waals surface area (Å²) in [6, 6.07) is 7.51. The van der Waals surface area contributed by atoms with Crippen molar-refractivity contribution in [3.8, 4) is 5.75 Å². The summed E-state index contributed by atoms with van der Waals surface area (Å²) in [6.45, 7) is 3.88. The highest BCUT2D eigenvalue weighted by atomic mass is 19.1. The molecular formula is C48H59F2N9O7. The van der Waals surface area contributed by atoms with Crippen LogP contribution in [0.4, 0.5) is 37.6 Å². The van der Waals surface area contributed by atoms with Crippen LogP contribution in [0.3, 0.4) is 0 Å². The number of halogens is 2. The zero-order valence-electron chi connectivity index (χ0n) is 37.8. The molecule has 0 spiro atoms. The Morgan fingerprint density at radius 1 is 0.985 bits per heavy atom. The third-order valence-electron chi connectivity index (χ3n) is 15.1. The minimum Gasteiger partial charge on any atom is -0.495 e. The van der Waals surface area contributed by atoms with E-state index in [9.17, 15) is 29.1 Å². The molecule has 66 heavy (non-hydrogen) atoms. The molecule has 2 aliphatic carbocycles. The maximum atomic E-state index is 15.3. The lowest BCUT2D eigenvalue weighted by molar-refractivity contribution is -0.136. The van der Waals surface area contributed by atoms with E-state index >= 15 is 8.78 Å². The molecular weight excluding hydrogens is 853 g/mol. The van der Waals surface area contributed by atoms with Gasteiger partial charge < -0.3 is 40.1 Å². The van der Waals surface area contributed by atoms with Crippen molar-refractivity contribution in [2.45, 2.75) is 108 Å². The Morgan fingerprint density at radius 3 is 2.32 bits per heavy atom. The van der Waals surface area contributed by atoms with Gasteiger partial charge in [0.2, 0.25) is 29.6 Å². The second-order valence-electron chi connectivity index (χ2n) is 19.1. The van der Waals surface area contributed by atoms with Crippen molar-refractivity contribution in [1.82, 2.24) is 25.5 Å². The summed E-state index contributed by atoms with van der Waals surface area (Å²) in [4.78, 5) is 82.2. The molecule has 2 unspecified atom stereocenters. The summed E-state index contributed by atoms with van der Waals surface area (Å²) in [5.41, 5.74) is 0.974. The molecule has 352 valence electrons. The number of fused-ring (bicyclic) bond motifs is 2. The summed E-state index contributed by atoms with van der Waals surface area (Å²) < 4.78 is 36.3. The zero-order chi connectivity index (χ0) is 46.4. The number of nitrogens with one attached hydrogen (secondary N) is 3. The van der Waals surface area contributed by atoms with Gasteiger partial charge in [-0.2, -0.15) is 4.98 Å². The van der Waals surface area contributed by atoms with Crippen molar-refractivity contribution in [3.63, 3.8) is 0 Å². The van der Waals surface area contributed by atoms with E-state index in [0.29, 0.717) is 99.0 Å². The van der Waals surface area contributed by atoms with Gasteiger partial charge in [0.25, 0.3) is 5.91 Å². The number of aliphatic hydroxyl groups is 1. The number of imide groups is 1. The SMILES string of the molecule is CC[C@@H]1C(=O)N(C)c2cnc(Nc3ccc(C(=O)NC4(CCO)C[C@H]5CN(C(=O)C6CCN(c7cc(F)c(C8CCC(=O)NC8=O)c(F)c7)CC6)C[C@H]5C4)cc3OC)nc2N1C1CCCC1. The Labute approximate surface area is 382 Å². The van der Waals surface area contributed by atoms with Crippen LogP contribution in [0.5, 0.6) is 5.75 Å². The summed E-state index contributed by atoms with van der Waals surface area (Å²) in [5.74, 6) is -2.57. The Hall–Kier alpha value is -5.91. The molecule has 18 heteroatoms. The second-order valence-corrected chi connectivity index (χ2v) is 19.1. The van der Waals surface area contributed by atoms with Crippen LogP contribution in [-0.4, -0.2) is 114 Å². The van der Waals surface area contributed by atoms with E-state index in [4.69, 9.17) is 9.72 Å². The van der Waals surface area contributed by atoms with Crippen molar-refractivity contribution < 1.29 is 42.6 Å². The fourth-order valence-electron chi connectivity index (χ4n) is 11.8. The van der Waals surface area contributed by atoms with E-state index in [1.807, 2.05) is 16.7 Å². The monoisotopic (exact) mass is 911 g/mol. The van der Waals surface area contributed by atoms with Gasteiger partial charge in [-0.05, 0) is 100.0 Å². The predicted octanol–water partition coefficient (Wildman–Crippen LogP) is 5.17. The highest BCUT2D eigenvalue weighted by molar-refractivity contribution is 6.04. The van der Waals surface area contributed by atoms with Crippen molar-refractivity contribution >= 4 is 58.4 Å². The van der Waals surface area contributed by atoms with E-state index in [0.717, 1.165) is 31.5 Å². The number of benzene rings is 2. The lowest BCUT2D eigenvalue weighted by Gasteiger charge is -2.43. The Kier molecular flexibility index (Phi) is 12.6. The van der Waals surface area contributed by atoms with Gasteiger partial charge in [-0.25, -0.2) is 13.8 Å². The molecule has 3 saturated heterocycles. The van der Waals surface area contributed by atoms with Gasteiger partial charge in [0.15, 0.2) is 5.82 Å². The van der Waals surface area contributed by atoms with E-state index in [2.05, 4.69) is 25.8 Å². The smallest absolute Gasteiger partial charge is 0.251 e. The first-order valence-electron chi connectivity index (χ1n) is 23.5. The number of rotatable bonds is 12. The van der Waals surface area contributed by atoms with E-state index in [1.165, 1.54) is 19.2 Å². The molecule has 2 aromatic carbocycles. The first-order valence-corrected chi connectivity index (χ1v) is 23.5. The van der Waals surface area contributed by atoms with Crippen LogP contribution in [0.15, 0.2) is 36.5 Å². The van der Waals surface area contributed by atoms with Gasteiger partial charge >= 0.3 is 0 Å². The number of carbonyl (C=O) groups is 5. The molecule has 1 aromatic heterocycles. The topological polar surface area (TPSA) is 190 Å². The lowest BCUT2D eigenvalue weighted by Crippen LogP contribution is -2.55. The van der Waals surface area contributed by atoms with E-state index < -0.39 is 34.9 Å². The lowest BCUT2D eigenvalue weighted by atomic mass is 9.89. The molecule has 5 heterocycles. The number of nitrogens with zero attached hydrogens (tertiary/aromatic N) is 6. The van der Waals surface area contributed by atoms with Crippen LogP contribution in [-0.2, 0) is 19.2 Å². The third kappa shape index (κ3) is 8.52. The van der Waals surface area contributed by atoms with Gasteiger partial charge in [0.05, 0.1) is 24.9 Å². The standard InChI is InChI=1S/C48H59F2N9O7/c1-4-37-46(65)56(2)38-24-51-47(54-42(38)59(37)31-7-5-6-8-31)52-36-11-9-28(19-39(36)66-3)43(62)55-48(15-18-60)22-29-25-58(26-30(29)23-48)45(64)27-13-16-57(17-14-27)32-20-34(49)41(35(50)21-32)33-10-12-40(61)53-44(33)63/h9,11,19-21,24,27,29-31,33,37,60H,4-8,10,12-18,22-23,25-26H2,1-3H3,(H,55,62)(H,51,52,54)(H,53,61,63)/t29-,30+,33?,37-,48?/m1/s1. The second kappa shape index (κ2) is 18.4. The van der Waals surface area contributed by atoms with E-state index in [1.54, 1.807) is 36.3 Å². The van der Waals surface area contributed by atoms with Crippen molar-refractivity contribution in [2.75, 3.05) is 67.0 Å². The van der Waals surface area contributed by atoms with Crippen LogP contribution in [0, 0.1) is 29.4 Å². The maximum absolute atomic E-state index is 15.3. The quantitative estimate of drug-likeness (QED) is 0.175. The fourth-order valence-corrected chi connectivity index (χ4v) is 11.8. The van der Waals surface area contributed by atoms with Crippen LogP contribution in [0.25, 0.3) is 0 Å². The zero-order valence-corrected chi connectivity index (χ0v) is 37.8. The number of aromatic nitrogens is 2. The molecule has 5 amide bonds. The number of piperidine rings is 2. The number of likely N-dealkylation sites (N-methyl/N-ethyl adjacent to an activating group) is 1. The Morgan fingerprint density at radius 2 is 1.68 bits per heavy atom. The predicted molar refractivity (Wildman–Crippen MR) is 242 cm³/mol. The molecule has 0 radical (unpaired) electrons. The molecule has 3 aromatic rings. The first kappa shape index (κ1) is 45.3. The average Bonchev–Trinajstić information content (AvgIpc) is 4.05. The molecule has 4 N–H and O–H groups in total. The van der Waals surface area contributed by atoms with Crippen molar-refractivity contribution in [1.29, 1.82) is 0 Å². The number of hydrogen-bond donors (Lipinski definition) is 4. The number of aliphatic hydroxyl groups excluding tert-OH is 1. The molecule has 4 aliphatic heterocycles. The summed E-state index contributed by atoms with van der Waals surface area (Å²) in [6.07, 6.45) is 9.26. The summed E-state index contributed by atoms with van der Waals surface area (Å²) in [7, 11) is 3.29. The van der Waals surface area contributed by atoms with Gasteiger partial charge in [-0.3, -0.25) is 29.3 Å². The van der Waals surface area contributed by atoms with Gasteiger partial charge in [0.1, 0.15) is 29.1 Å². The summed E-state index contributed by atoms with van der Waals surface area (Å²) in [5, 5.41) is 18.9. The highest BCUT2D eigenvalue weighted by Crippen LogP contribution is 2.47. The Balaban J connectivity index is 0.809. The molecule has 0 bridgehead atoms. The average molecular weight is 912 g/mol. The van der Waals surface area contributed by atoms with Crippen molar-refractivity contribution in [3.05, 3.63) is 59.3 Å². The maximum Gasteiger partial charge on any atom is 0.251 e.